The average molecular weight is 173 g/mol. The zero-order valence-corrected chi connectivity index (χ0v) is 7.74. The van der Waals surface area contributed by atoms with Crippen molar-refractivity contribution in [2.24, 2.45) is 11.7 Å². The molecule has 1 fully saturated rings. The van der Waals surface area contributed by atoms with Crippen LogP contribution < -0.4 is 5.73 Å². The van der Waals surface area contributed by atoms with Gasteiger partial charge in [-0.3, -0.25) is 0 Å². The van der Waals surface area contributed by atoms with Crippen LogP contribution in [-0.4, -0.2) is 6.04 Å². The Morgan fingerprint density at radius 3 is 2.92 bits per heavy atom. The summed E-state index contributed by atoms with van der Waals surface area (Å²) in [5, 5.41) is 0. The van der Waals surface area contributed by atoms with Gasteiger partial charge in [-0.05, 0) is 42.2 Å². The Balaban J connectivity index is 2.01. The van der Waals surface area contributed by atoms with Gasteiger partial charge in [-0.1, -0.05) is 24.3 Å². The quantitative estimate of drug-likeness (QED) is 0.638. The van der Waals surface area contributed by atoms with E-state index in [1.165, 1.54) is 19.3 Å². The second-order valence-electron chi connectivity index (χ2n) is 4.41. The molecule has 0 radical (unpaired) electrons. The van der Waals surface area contributed by atoms with Crippen molar-refractivity contribution in [2.45, 2.75) is 31.2 Å². The fourth-order valence-corrected chi connectivity index (χ4v) is 2.96. The standard InChI is InChI=1S/C12H15N/c13-12-7-11-9-4-2-1-3-8(9)5-6-10(11)12/h1-4,10-12H,5-7,13H2/t10-,11+,12+/m0/s1. The summed E-state index contributed by atoms with van der Waals surface area (Å²) in [6.07, 6.45) is 3.76. The first-order valence-corrected chi connectivity index (χ1v) is 5.19. The third-order valence-corrected chi connectivity index (χ3v) is 3.79. The summed E-state index contributed by atoms with van der Waals surface area (Å²) in [6, 6.07) is 9.36. The molecule has 0 aliphatic heterocycles. The highest BCUT2D eigenvalue weighted by Crippen LogP contribution is 2.48. The van der Waals surface area contributed by atoms with Crippen LogP contribution in [0.5, 0.6) is 0 Å². The lowest BCUT2D eigenvalue weighted by molar-refractivity contribution is 0.179. The molecule has 3 atom stereocenters. The molecule has 0 bridgehead atoms. The molecule has 0 spiro atoms. The van der Waals surface area contributed by atoms with Gasteiger partial charge in [0.05, 0.1) is 0 Å². The predicted molar refractivity (Wildman–Crippen MR) is 53.6 cm³/mol. The van der Waals surface area contributed by atoms with Crippen molar-refractivity contribution >= 4 is 0 Å². The van der Waals surface area contributed by atoms with E-state index in [1.54, 1.807) is 11.1 Å². The van der Waals surface area contributed by atoms with Gasteiger partial charge in [-0.15, -0.1) is 0 Å². The Morgan fingerprint density at radius 2 is 2.08 bits per heavy atom. The van der Waals surface area contributed by atoms with Crippen molar-refractivity contribution in [1.29, 1.82) is 0 Å². The summed E-state index contributed by atoms with van der Waals surface area (Å²) >= 11 is 0. The van der Waals surface area contributed by atoms with Gasteiger partial charge in [0.25, 0.3) is 0 Å². The van der Waals surface area contributed by atoms with Crippen molar-refractivity contribution in [1.82, 2.24) is 0 Å². The number of benzene rings is 1. The van der Waals surface area contributed by atoms with E-state index in [0.29, 0.717) is 6.04 Å². The third kappa shape index (κ3) is 0.969. The van der Waals surface area contributed by atoms with E-state index in [1.807, 2.05) is 0 Å². The highest BCUT2D eigenvalue weighted by Gasteiger charge is 2.42. The molecule has 3 rings (SSSR count). The molecule has 1 aromatic rings. The number of hydrogen-bond donors (Lipinski definition) is 1. The van der Waals surface area contributed by atoms with Crippen LogP contribution >= 0.6 is 0 Å². The second-order valence-corrected chi connectivity index (χ2v) is 4.41. The smallest absolute Gasteiger partial charge is 0.00790 e. The van der Waals surface area contributed by atoms with Crippen molar-refractivity contribution in [3.8, 4) is 0 Å². The van der Waals surface area contributed by atoms with E-state index in [0.717, 1.165) is 11.8 Å². The average Bonchev–Trinajstić information content (AvgIpc) is 2.16. The summed E-state index contributed by atoms with van der Waals surface area (Å²) in [7, 11) is 0. The topological polar surface area (TPSA) is 26.0 Å². The van der Waals surface area contributed by atoms with Crippen LogP contribution in [0.25, 0.3) is 0 Å². The first-order chi connectivity index (χ1) is 6.36. The number of aryl methyl sites for hydroxylation is 1. The van der Waals surface area contributed by atoms with Gasteiger partial charge in [-0.25, -0.2) is 0 Å². The molecular weight excluding hydrogens is 158 g/mol. The fraction of sp³-hybridized carbons (Fsp3) is 0.500. The van der Waals surface area contributed by atoms with Crippen molar-refractivity contribution in [2.75, 3.05) is 0 Å². The summed E-state index contributed by atoms with van der Waals surface area (Å²) in [4.78, 5) is 0. The minimum absolute atomic E-state index is 0.485. The maximum Gasteiger partial charge on any atom is 0.00790 e. The summed E-state index contributed by atoms with van der Waals surface area (Å²) in [5.74, 6) is 1.58. The van der Waals surface area contributed by atoms with Gasteiger partial charge >= 0.3 is 0 Å². The van der Waals surface area contributed by atoms with Crippen LogP contribution in [0.15, 0.2) is 24.3 Å². The number of fused-ring (bicyclic) bond motifs is 3. The lowest BCUT2D eigenvalue weighted by Gasteiger charge is -2.47. The number of hydrogen-bond acceptors (Lipinski definition) is 1. The molecular formula is C12H15N. The maximum atomic E-state index is 5.99. The van der Waals surface area contributed by atoms with E-state index >= 15 is 0 Å². The number of rotatable bonds is 0. The molecule has 2 aliphatic rings. The van der Waals surface area contributed by atoms with E-state index in [9.17, 15) is 0 Å². The van der Waals surface area contributed by atoms with Gasteiger partial charge in [0, 0.05) is 6.04 Å². The summed E-state index contributed by atoms with van der Waals surface area (Å²) < 4.78 is 0. The van der Waals surface area contributed by atoms with Crippen molar-refractivity contribution < 1.29 is 0 Å². The van der Waals surface area contributed by atoms with Crippen molar-refractivity contribution in [3.63, 3.8) is 0 Å². The first kappa shape index (κ1) is 7.57. The van der Waals surface area contributed by atoms with E-state index in [2.05, 4.69) is 24.3 Å². The van der Waals surface area contributed by atoms with Crippen LogP contribution in [0.1, 0.15) is 29.9 Å². The molecule has 0 amide bonds. The first-order valence-electron chi connectivity index (χ1n) is 5.19. The fourth-order valence-electron chi connectivity index (χ4n) is 2.96. The maximum absolute atomic E-state index is 5.99. The van der Waals surface area contributed by atoms with Gasteiger partial charge in [-0.2, -0.15) is 0 Å². The molecule has 0 unspecified atom stereocenters. The highest BCUT2D eigenvalue weighted by atomic mass is 14.7. The van der Waals surface area contributed by atoms with Crippen LogP contribution in [-0.2, 0) is 6.42 Å². The molecule has 0 aromatic heterocycles. The third-order valence-electron chi connectivity index (χ3n) is 3.79. The Hall–Kier alpha value is -0.820. The van der Waals surface area contributed by atoms with E-state index in [4.69, 9.17) is 5.73 Å². The molecule has 1 saturated carbocycles. The lowest BCUT2D eigenvalue weighted by Crippen LogP contribution is -2.47. The second kappa shape index (κ2) is 2.58. The summed E-state index contributed by atoms with van der Waals surface area (Å²) in [5.41, 5.74) is 9.14. The minimum atomic E-state index is 0.485. The molecule has 0 heterocycles. The lowest BCUT2D eigenvalue weighted by atomic mass is 9.60. The largest absolute Gasteiger partial charge is 0.327 e. The van der Waals surface area contributed by atoms with E-state index < -0.39 is 0 Å². The molecule has 1 nitrogen and oxygen atoms in total. The normalized spacial score (nSPS) is 35.9. The van der Waals surface area contributed by atoms with Crippen molar-refractivity contribution in [3.05, 3.63) is 35.4 Å². The molecule has 1 heteroatoms. The molecule has 2 aliphatic carbocycles. The molecule has 0 saturated heterocycles. The molecule has 13 heavy (non-hydrogen) atoms. The van der Waals surface area contributed by atoms with Gasteiger partial charge in [0.1, 0.15) is 0 Å². The van der Waals surface area contributed by atoms with Crippen LogP contribution in [0.4, 0.5) is 0 Å². The van der Waals surface area contributed by atoms with Gasteiger partial charge < -0.3 is 5.73 Å². The van der Waals surface area contributed by atoms with Crippen LogP contribution in [0.3, 0.4) is 0 Å². The highest BCUT2D eigenvalue weighted by molar-refractivity contribution is 5.36. The number of nitrogens with two attached hydrogens (primary N) is 1. The molecule has 68 valence electrons. The van der Waals surface area contributed by atoms with Gasteiger partial charge in [0.2, 0.25) is 0 Å². The Morgan fingerprint density at radius 1 is 1.23 bits per heavy atom. The SMILES string of the molecule is N[C@@H]1C[C@@H]2c3ccccc3CC[C@H]12. The van der Waals surface area contributed by atoms with E-state index in [-0.39, 0.29) is 0 Å². The van der Waals surface area contributed by atoms with Crippen LogP contribution in [0, 0.1) is 5.92 Å². The minimum Gasteiger partial charge on any atom is -0.327 e. The van der Waals surface area contributed by atoms with Crippen LogP contribution in [0.2, 0.25) is 0 Å². The Kier molecular flexibility index (Phi) is 1.50. The molecule has 2 N–H and O–H groups in total. The predicted octanol–water partition coefficient (Wildman–Crippen LogP) is 2.06. The Bertz CT molecular complexity index is 332. The zero-order valence-electron chi connectivity index (χ0n) is 7.74. The zero-order chi connectivity index (χ0) is 8.84. The monoisotopic (exact) mass is 173 g/mol. The van der Waals surface area contributed by atoms with Gasteiger partial charge in [0.15, 0.2) is 0 Å². The molecule has 1 aromatic carbocycles. The Labute approximate surface area is 78.9 Å². The summed E-state index contributed by atoms with van der Waals surface area (Å²) in [6.45, 7) is 0.